The number of nitriles is 3. The molecule has 0 unspecified atom stereocenters. The first kappa shape index (κ1) is 16.1. The molecule has 6 heteroatoms. The second-order valence-electron chi connectivity index (χ2n) is 5.46. The predicted octanol–water partition coefficient (Wildman–Crippen LogP) is 1.88. The second-order valence-corrected chi connectivity index (χ2v) is 5.46. The zero-order valence-corrected chi connectivity index (χ0v) is 12.7. The summed E-state index contributed by atoms with van der Waals surface area (Å²) < 4.78 is 5.43. The molecule has 0 bridgehead atoms. The molecule has 1 aliphatic rings. The van der Waals surface area contributed by atoms with Gasteiger partial charge in [-0.15, -0.1) is 0 Å². The van der Waals surface area contributed by atoms with Gasteiger partial charge in [-0.2, -0.15) is 15.8 Å². The van der Waals surface area contributed by atoms with Gasteiger partial charge in [0.2, 0.25) is 5.41 Å². The van der Waals surface area contributed by atoms with Gasteiger partial charge in [0.1, 0.15) is 6.07 Å². The van der Waals surface area contributed by atoms with Crippen LogP contribution in [0.5, 0.6) is 0 Å². The molecular formula is C17H14N4O2. The van der Waals surface area contributed by atoms with Crippen LogP contribution in [-0.2, 0) is 9.53 Å². The third-order valence-corrected chi connectivity index (χ3v) is 4.33. The van der Waals surface area contributed by atoms with Crippen molar-refractivity contribution in [3.05, 3.63) is 47.4 Å². The highest BCUT2D eigenvalue weighted by atomic mass is 16.5. The van der Waals surface area contributed by atoms with E-state index >= 15 is 0 Å². The molecule has 1 aliphatic heterocycles. The van der Waals surface area contributed by atoms with Gasteiger partial charge >= 0.3 is 0 Å². The maximum atomic E-state index is 12.2. The lowest BCUT2D eigenvalue weighted by molar-refractivity contribution is -0.147. The number of hydrogen-bond acceptors (Lipinski definition) is 6. The van der Waals surface area contributed by atoms with E-state index in [1.807, 2.05) is 18.2 Å². The van der Waals surface area contributed by atoms with Gasteiger partial charge in [-0.05, 0) is 19.4 Å². The lowest BCUT2D eigenvalue weighted by Gasteiger charge is -2.45. The molecule has 0 spiro atoms. The van der Waals surface area contributed by atoms with Crippen LogP contribution in [0, 0.1) is 39.4 Å². The van der Waals surface area contributed by atoms with Gasteiger partial charge in [0, 0.05) is 0 Å². The Balaban J connectivity index is 2.90. The average Bonchev–Trinajstić information content (AvgIpc) is 2.55. The Bertz CT molecular complexity index is 794. The number of carbonyl (C=O) groups is 1. The second kappa shape index (κ2) is 5.48. The van der Waals surface area contributed by atoms with Gasteiger partial charge in [0.15, 0.2) is 17.3 Å². The van der Waals surface area contributed by atoms with E-state index in [0.717, 1.165) is 0 Å². The molecule has 0 saturated heterocycles. The van der Waals surface area contributed by atoms with Crippen LogP contribution in [-0.4, -0.2) is 11.4 Å². The Hall–Kier alpha value is -3.30. The molecule has 0 fully saturated rings. The Morgan fingerprint density at radius 3 is 2.22 bits per heavy atom. The summed E-state index contributed by atoms with van der Waals surface area (Å²) in [5.74, 6) is -1.73. The van der Waals surface area contributed by atoms with Gasteiger partial charge in [0.25, 0.3) is 0 Å². The Kier molecular flexibility index (Phi) is 3.83. The summed E-state index contributed by atoms with van der Waals surface area (Å²) in [6.07, 6.45) is 0. The smallest absolute Gasteiger partial charge is 0.201 e. The summed E-state index contributed by atoms with van der Waals surface area (Å²) in [6, 6.07) is 14.4. The van der Waals surface area contributed by atoms with Gasteiger partial charge in [0.05, 0.1) is 23.6 Å². The van der Waals surface area contributed by atoms with Crippen LogP contribution in [0.3, 0.4) is 0 Å². The van der Waals surface area contributed by atoms with Crippen LogP contribution in [0.15, 0.2) is 41.8 Å². The van der Waals surface area contributed by atoms with Crippen molar-refractivity contribution >= 4 is 5.78 Å². The minimum absolute atomic E-state index is 0.0296. The predicted molar refractivity (Wildman–Crippen MR) is 79.8 cm³/mol. The van der Waals surface area contributed by atoms with E-state index in [2.05, 4.69) is 0 Å². The van der Waals surface area contributed by atoms with E-state index in [-0.39, 0.29) is 11.5 Å². The molecule has 6 nitrogen and oxygen atoms in total. The zero-order valence-electron chi connectivity index (χ0n) is 12.7. The summed E-state index contributed by atoms with van der Waals surface area (Å²) >= 11 is 0. The molecule has 2 N–H and O–H groups in total. The first-order valence-corrected chi connectivity index (χ1v) is 6.85. The van der Waals surface area contributed by atoms with Crippen molar-refractivity contribution in [1.29, 1.82) is 15.8 Å². The number of hydrogen-bond donors (Lipinski definition) is 1. The highest BCUT2D eigenvalue weighted by molar-refractivity contribution is 5.88. The molecule has 23 heavy (non-hydrogen) atoms. The Morgan fingerprint density at radius 2 is 1.78 bits per heavy atom. The molecule has 1 aromatic carbocycles. The molecule has 1 heterocycles. The first-order valence-electron chi connectivity index (χ1n) is 6.85. The molecule has 2 atom stereocenters. The quantitative estimate of drug-likeness (QED) is 0.889. The lowest BCUT2D eigenvalue weighted by Crippen LogP contribution is -2.58. The van der Waals surface area contributed by atoms with E-state index in [1.54, 1.807) is 30.3 Å². The zero-order chi connectivity index (χ0) is 17.3. The van der Waals surface area contributed by atoms with Crippen LogP contribution in [0.4, 0.5) is 0 Å². The van der Waals surface area contributed by atoms with Crippen molar-refractivity contribution in [3.63, 3.8) is 0 Å². The normalized spacial score (nSPS) is 25.4. The van der Waals surface area contributed by atoms with Crippen LogP contribution in [0.1, 0.15) is 25.3 Å². The van der Waals surface area contributed by atoms with Gasteiger partial charge in [-0.1, -0.05) is 30.3 Å². The van der Waals surface area contributed by atoms with Crippen molar-refractivity contribution < 1.29 is 9.53 Å². The SMILES string of the molecule is CC(=O)[C@@]1(C)OC(N)=C(C#N)[C@H](c2ccccc2)C1(C#N)C#N. The van der Waals surface area contributed by atoms with Crippen molar-refractivity contribution in [2.75, 3.05) is 0 Å². The molecule has 2 rings (SSSR count). The number of Topliss-reactive ketones (excluding diaryl/α,β-unsaturated/α-hetero) is 1. The molecular weight excluding hydrogens is 292 g/mol. The molecule has 114 valence electrons. The molecule has 0 aliphatic carbocycles. The number of ether oxygens (including phenoxy) is 1. The fourth-order valence-electron chi connectivity index (χ4n) is 2.89. The molecule has 0 amide bonds. The van der Waals surface area contributed by atoms with Gasteiger partial charge in [-0.3, -0.25) is 4.79 Å². The minimum atomic E-state index is -1.91. The number of carbonyl (C=O) groups excluding carboxylic acids is 1. The fraction of sp³-hybridized carbons (Fsp3) is 0.294. The van der Waals surface area contributed by atoms with Gasteiger partial charge in [-0.25, -0.2) is 0 Å². The number of benzene rings is 1. The average molecular weight is 306 g/mol. The van der Waals surface area contributed by atoms with Crippen molar-refractivity contribution in [1.82, 2.24) is 0 Å². The highest BCUT2D eigenvalue weighted by Gasteiger charge is 2.64. The Morgan fingerprint density at radius 1 is 1.22 bits per heavy atom. The lowest BCUT2D eigenvalue weighted by atomic mass is 9.59. The van der Waals surface area contributed by atoms with Crippen molar-refractivity contribution in [3.8, 4) is 18.2 Å². The van der Waals surface area contributed by atoms with Crippen LogP contribution in [0.2, 0.25) is 0 Å². The summed E-state index contributed by atoms with van der Waals surface area (Å²) in [7, 11) is 0. The Labute approximate surface area is 134 Å². The third kappa shape index (κ3) is 2.03. The standard InChI is InChI=1S/C17H14N4O2/c1-11(22)16(2)17(9-19,10-20)14(12-6-4-3-5-7-12)13(8-18)15(21)23-16/h3-7,14H,21H2,1-2H3/t14-,16+/m0/s1. The van der Waals surface area contributed by atoms with Crippen LogP contribution >= 0.6 is 0 Å². The third-order valence-electron chi connectivity index (χ3n) is 4.33. The number of nitrogens with two attached hydrogens (primary N) is 1. The summed E-state index contributed by atoms with van der Waals surface area (Å²) in [5, 5.41) is 29.0. The van der Waals surface area contributed by atoms with Crippen molar-refractivity contribution in [2.45, 2.75) is 25.4 Å². The monoisotopic (exact) mass is 306 g/mol. The van der Waals surface area contributed by atoms with Crippen LogP contribution < -0.4 is 5.73 Å². The number of rotatable bonds is 2. The van der Waals surface area contributed by atoms with Crippen molar-refractivity contribution in [2.24, 2.45) is 11.1 Å². The topological polar surface area (TPSA) is 124 Å². The molecule has 0 saturated carbocycles. The molecule has 1 aromatic rings. The molecule has 0 radical (unpaired) electrons. The van der Waals surface area contributed by atoms with E-state index in [4.69, 9.17) is 10.5 Å². The number of ketones is 1. The van der Waals surface area contributed by atoms with E-state index < -0.39 is 22.7 Å². The first-order chi connectivity index (χ1) is 10.9. The highest BCUT2D eigenvalue weighted by Crippen LogP contribution is 2.53. The van der Waals surface area contributed by atoms with E-state index in [0.29, 0.717) is 5.56 Å². The summed E-state index contributed by atoms with van der Waals surface area (Å²) in [6.45, 7) is 2.59. The fourth-order valence-corrected chi connectivity index (χ4v) is 2.89. The van der Waals surface area contributed by atoms with E-state index in [1.165, 1.54) is 13.8 Å². The summed E-state index contributed by atoms with van der Waals surface area (Å²) in [4.78, 5) is 12.2. The molecule has 0 aromatic heterocycles. The summed E-state index contributed by atoms with van der Waals surface area (Å²) in [5.41, 5.74) is 2.66. The van der Waals surface area contributed by atoms with Gasteiger partial charge < -0.3 is 10.5 Å². The maximum absolute atomic E-state index is 12.2. The van der Waals surface area contributed by atoms with E-state index in [9.17, 15) is 20.6 Å². The largest absolute Gasteiger partial charge is 0.461 e. The minimum Gasteiger partial charge on any atom is -0.461 e. The number of nitrogens with zero attached hydrogens (tertiary/aromatic N) is 3. The number of allylic oxidation sites excluding steroid dienone is 1. The van der Waals surface area contributed by atoms with Crippen LogP contribution in [0.25, 0.3) is 0 Å². The maximum Gasteiger partial charge on any atom is 0.201 e.